The Labute approximate surface area is 117 Å². The van der Waals surface area contributed by atoms with E-state index in [1.54, 1.807) is 6.92 Å². The topological polar surface area (TPSA) is 38.7 Å². The van der Waals surface area contributed by atoms with E-state index in [0.717, 1.165) is 10.0 Å². The summed E-state index contributed by atoms with van der Waals surface area (Å²) in [6.07, 6.45) is -0.555. The van der Waals surface area contributed by atoms with E-state index in [-0.39, 0.29) is 5.60 Å². The third-order valence-electron chi connectivity index (χ3n) is 2.30. The molecule has 0 radical (unpaired) electrons. The molecule has 4 heteroatoms. The smallest absolute Gasteiger partial charge is 0.125 e. The summed E-state index contributed by atoms with van der Waals surface area (Å²) in [5, 5.41) is 9.68. The summed E-state index contributed by atoms with van der Waals surface area (Å²) in [6, 6.07) is 5.61. The largest absolute Gasteiger partial charge is 0.491 e. The molecule has 1 aromatic rings. The van der Waals surface area contributed by atoms with Gasteiger partial charge in [0.25, 0.3) is 0 Å². The average Bonchev–Trinajstić information content (AvgIpc) is 2.24. The molecule has 0 bridgehead atoms. The van der Waals surface area contributed by atoms with E-state index in [2.05, 4.69) is 15.9 Å². The van der Waals surface area contributed by atoms with Crippen LogP contribution in [0.1, 0.15) is 39.4 Å². The summed E-state index contributed by atoms with van der Waals surface area (Å²) in [5.41, 5.74) is 0.621. The van der Waals surface area contributed by atoms with Crippen molar-refractivity contribution >= 4 is 15.9 Å². The molecule has 0 saturated heterocycles. The molecule has 0 aliphatic heterocycles. The maximum absolute atomic E-state index is 9.68. The highest BCUT2D eigenvalue weighted by atomic mass is 79.9. The molecular formula is C14H21BrO3. The lowest BCUT2D eigenvalue weighted by atomic mass is 10.1. The standard InChI is InChI=1S/C14H21BrO3/c1-10(16)12-9-11(15)5-6-13(12)17-7-8-18-14(2,3)4/h5-6,9-10,16H,7-8H2,1-4H3/t10-/m0/s1. The van der Waals surface area contributed by atoms with Gasteiger partial charge in [-0.15, -0.1) is 0 Å². The van der Waals surface area contributed by atoms with Crippen molar-refractivity contribution in [2.24, 2.45) is 0 Å². The van der Waals surface area contributed by atoms with E-state index >= 15 is 0 Å². The van der Waals surface area contributed by atoms with E-state index in [1.807, 2.05) is 39.0 Å². The molecule has 1 atom stereocenters. The van der Waals surface area contributed by atoms with Crippen molar-refractivity contribution in [1.82, 2.24) is 0 Å². The van der Waals surface area contributed by atoms with Crippen molar-refractivity contribution in [3.63, 3.8) is 0 Å². The van der Waals surface area contributed by atoms with Crippen LogP contribution in [0.5, 0.6) is 5.75 Å². The Morgan fingerprint density at radius 3 is 2.50 bits per heavy atom. The summed E-state index contributed by atoms with van der Waals surface area (Å²) in [7, 11) is 0. The second-order valence-corrected chi connectivity index (χ2v) is 6.08. The van der Waals surface area contributed by atoms with Gasteiger partial charge in [-0.25, -0.2) is 0 Å². The predicted octanol–water partition coefficient (Wildman–Crippen LogP) is 3.70. The number of hydrogen-bond acceptors (Lipinski definition) is 3. The van der Waals surface area contributed by atoms with Crippen molar-refractivity contribution in [2.45, 2.75) is 39.4 Å². The molecule has 0 amide bonds. The van der Waals surface area contributed by atoms with Gasteiger partial charge in [0.05, 0.1) is 18.3 Å². The number of halogens is 1. The summed E-state index contributed by atoms with van der Waals surface area (Å²) in [5.74, 6) is 0.700. The molecule has 0 spiro atoms. The highest BCUT2D eigenvalue weighted by molar-refractivity contribution is 9.10. The van der Waals surface area contributed by atoms with Crippen LogP contribution in [0.15, 0.2) is 22.7 Å². The van der Waals surface area contributed by atoms with Crippen LogP contribution in [-0.4, -0.2) is 23.9 Å². The molecular weight excluding hydrogens is 296 g/mol. The Morgan fingerprint density at radius 2 is 1.94 bits per heavy atom. The van der Waals surface area contributed by atoms with E-state index in [0.29, 0.717) is 19.0 Å². The Kier molecular flexibility index (Phi) is 5.63. The summed E-state index contributed by atoms with van der Waals surface area (Å²) in [4.78, 5) is 0. The van der Waals surface area contributed by atoms with Gasteiger partial charge in [-0.05, 0) is 45.9 Å². The van der Waals surface area contributed by atoms with Gasteiger partial charge in [-0.1, -0.05) is 15.9 Å². The fourth-order valence-electron chi connectivity index (χ4n) is 1.48. The van der Waals surface area contributed by atoms with Gasteiger partial charge in [-0.2, -0.15) is 0 Å². The van der Waals surface area contributed by atoms with Crippen molar-refractivity contribution in [3.8, 4) is 5.75 Å². The third kappa shape index (κ3) is 5.38. The van der Waals surface area contributed by atoms with Gasteiger partial charge in [0.1, 0.15) is 12.4 Å². The van der Waals surface area contributed by atoms with Crippen molar-refractivity contribution in [3.05, 3.63) is 28.2 Å². The van der Waals surface area contributed by atoms with Crippen LogP contribution in [0.3, 0.4) is 0 Å². The SMILES string of the molecule is C[C@H](O)c1cc(Br)ccc1OCCOC(C)(C)C. The van der Waals surface area contributed by atoms with Crippen LogP contribution in [0.25, 0.3) is 0 Å². The minimum Gasteiger partial charge on any atom is -0.491 e. The monoisotopic (exact) mass is 316 g/mol. The highest BCUT2D eigenvalue weighted by Gasteiger charge is 2.12. The number of hydrogen-bond donors (Lipinski definition) is 1. The molecule has 102 valence electrons. The van der Waals surface area contributed by atoms with Gasteiger partial charge in [0.15, 0.2) is 0 Å². The lowest BCUT2D eigenvalue weighted by Gasteiger charge is -2.20. The van der Waals surface area contributed by atoms with Gasteiger partial charge in [0, 0.05) is 10.0 Å². The van der Waals surface area contributed by atoms with E-state index < -0.39 is 6.10 Å². The van der Waals surface area contributed by atoms with Crippen LogP contribution in [0.2, 0.25) is 0 Å². The van der Waals surface area contributed by atoms with Crippen LogP contribution in [0, 0.1) is 0 Å². The molecule has 18 heavy (non-hydrogen) atoms. The van der Waals surface area contributed by atoms with Crippen molar-refractivity contribution in [1.29, 1.82) is 0 Å². The van der Waals surface area contributed by atoms with Crippen LogP contribution < -0.4 is 4.74 Å². The Morgan fingerprint density at radius 1 is 1.28 bits per heavy atom. The molecule has 0 heterocycles. The number of aliphatic hydroxyl groups excluding tert-OH is 1. The Bertz CT molecular complexity index is 383. The Balaban J connectivity index is 2.57. The highest BCUT2D eigenvalue weighted by Crippen LogP contribution is 2.28. The zero-order chi connectivity index (χ0) is 13.8. The number of aliphatic hydroxyl groups is 1. The minimum absolute atomic E-state index is 0.157. The second-order valence-electron chi connectivity index (χ2n) is 5.17. The molecule has 1 N–H and O–H groups in total. The zero-order valence-corrected chi connectivity index (χ0v) is 13.0. The van der Waals surface area contributed by atoms with Gasteiger partial charge < -0.3 is 14.6 Å². The molecule has 0 aliphatic carbocycles. The number of benzene rings is 1. The quantitative estimate of drug-likeness (QED) is 0.842. The van der Waals surface area contributed by atoms with Gasteiger partial charge in [-0.3, -0.25) is 0 Å². The zero-order valence-electron chi connectivity index (χ0n) is 11.4. The molecule has 0 aliphatic rings. The molecule has 1 aromatic carbocycles. The van der Waals surface area contributed by atoms with Crippen LogP contribution in [0.4, 0.5) is 0 Å². The van der Waals surface area contributed by atoms with Gasteiger partial charge in [0.2, 0.25) is 0 Å². The normalized spacial score (nSPS) is 13.4. The first-order valence-corrected chi connectivity index (χ1v) is 6.83. The lowest BCUT2D eigenvalue weighted by Crippen LogP contribution is -2.22. The summed E-state index contributed by atoms with van der Waals surface area (Å²) < 4.78 is 12.1. The number of rotatable bonds is 5. The predicted molar refractivity (Wildman–Crippen MR) is 76.0 cm³/mol. The first kappa shape index (κ1) is 15.5. The first-order valence-electron chi connectivity index (χ1n) is 6.04. The molecule has 0 aromatic heterocycles. The minimum atomic E-state index is -0.555. The Hall–Kier alpha value is -0.580. The second kappa shape index (κ2) is 6.55. The molecule has 1 rings (SSSR count). The lowest BCUT2D eigenvalue weighted by molar-refractivity contribution is -0.0166. The fraction of sp³-hybridized carbons (Fsp3) is 0.571. The van der Waals surface area contributed by atoms with E-state index in [1.165, 1.54) is 0 Å². The van der Waals surface area contributed by atoms with E-state index in [9.17, 15) is 5.11 Å². The van der Waals surface area contributed by atoms with E-state index in [4.69, 9.17) is 9.47 Å². The summed E-state index contributed by atoms with van der Waals surface area (Å²) >= 11 is 3.38. The maximum atomic E-state index is 9.68. The first-order chi connectivity index (χ1) is 8.29. The van der Waals surface area contributed by atoms with Crippen molar-refractivity contribution < 1.29 is 14.6 Å². The molecule has 0 saturated carbocycles. The van der Waals surface area contributed by atoms with Crippen LogP contribution in [-0.2, 0) is 4.74 Å². The summed E-state index contributed by atoms with van der Waals surface area (Å²) in [6.45, 7) is 8.74. The van der Waals surface area contributed by atoms with Crippen LogP contribution >= 0.6 is 15.9 Å². The number of ether oxygens (including phenoxy) is 2. The van der Waals surface area contributed by atoms with Crippen molar-refractivity contribution in [2.75, 3.05) is 13.2 Å². The third-order valence-corrected chi connectivity index (χ3v) is 2.79. The average molecular weight is 317 g/mol. The molecule has 0 unspecified atom stereocenters. The van der Waals surface area contributed by atoms with Gasteiger partial charge >= 0.3 is 0 Å². The maximum Gasteiger partial charge on any atom is 0.125 e. The molecule has 3 nitrogen and oxygen atoms in total. The fourth-order valence-corrected chi connectivity index (χ4v) is 1.86. The molecule has 0 fully saturated rings.